The van der Waals surface area contributed by atoms with Crippen molar-refractivity contribution in [2.24, 2.45) is 11.8 Å². The first kappa shape index (κ1) is 17.0. The number of amides is 2. The maximum absolute atomic E-state index is 12.5. The van der Waals surface area contributed by atoms with Crippen molar-refractivity contribution < 1.29 is 9.59 Å². The fourth-order valence-electron chi connectivity index (χ4n) is 3.60. The Morgan fingerprint density at radius 3 is 2.42 bits per heavy atom. The minimum absolute atomic E-state index is 0.00574. The van der Waals surface area contributed by atoms with Crippen molar-refractivity contribution in [1.29, 1.82) is 0 Å². The van der Waals surface area contributed by atoms with Crippen LogP contribution in [0, 0.1) is 18.8 Å². The van der Waals surface area contributed by atoms with E-state index in [4.69, 9.17) is 0 Å². The molecule has 2 aliphatic rings. The number of aryl methyl sites for hydroxylation is 1. The topological polar surface area (TPSA) is 58.4 Å². The molecule has 0 radical (unpaired) electrons. The van der Waals surface area contributed by atoms with E-state index in [-0.39, 0.29) is 23.7 Å². The summed E-state index contributed by atoms with van der Waals surface area (Å²) >= 11 is 0. The quantitative estimate of drug-likeness (QED) is 0.843. The Hall–Kier alpha value is -1.85. The predicted molar refractivity (Wildman–Crippen MR) is 91.2 cm³/mol. The molecule has 24 heavy (non-hydrogen) atoms. The van der Waals surface area contributed by atoms with Gasteiger partial charge in [0.25, 0.3) is 0 Å². The SMILES string of the molecule is Cc1ccn(C[C@H](C)C(=O)N2CC(C(=O)N3CCCCCC3)C2)n1. The summed E-state index contributed by atoms with van der Waals surface area (Å²) in [6, 6.07) is 1.94. The summed E-state index contributed by atoms with van der Waals surface area (Å²) in [6.45, 7) is 7.40. The lowest BCUT2D eigenvalue weighted by Gasteiger charge is -2.41. The Bertz CT molecular complexity index is 584. The zero-order chi connectivity index (χ0) is 17.1. The molecule has 0 spiro atoms. The molecule has 132 valence electrons. The highest BCUT2D eigenvalue weighted by Crippen LogP contribution is 2.22. The van der Waals surface area contributed by atoms with Crippen LogP contribution in [0.3, 0.4) is 0 Å². The van der Waals surface area contributed by atoms with Gasteiger partial charge in [0.1, 0.15) is 0 Å². The zero-order valence-corrected chi connectivity index (χ0v) is 14.8. The molecule has 2 amide bonds. The molecule has 0 N–H and O–H groups in total. The second kappa shape index (κ2) is 7.36. The number of aromatic nitrogens is 2. The van der Waals surface area contributed by atoms with Crippen LogP contribution >= 0.6 is 0 Å². The van der Waals surface area contributed by atoms with Gasteiger partial charge in [-0.1, -0.05) is 19.8 Å². The van der Waals surface area contributed by atoms with Crippen LogP contribution in [0.2, 0.25) is 0 Å². The van der Waals surface area contributed by atoms with Crippen LogP contribution in [0.25, 0.3) is 0 Å². The van der Waals surface area contributed by atoms with Crippen LogP contribution in [0.1, 0.15) is 38.3 Å². The molecule has 0 aromatic carbocycles. The van der Waals surface area contributed by atoms with E-state index >= 15 is 0 Å². The minimum Gasteiger partial charge on any atom is -0.342 e. The molecule has 2 saturated heterocycles. The van der Waals surface area contributed by atoms with E-state index in [1.54, 1.807) is 0 Å². The average Bonchev–Trinajstić information content (AvgIpc) is 2.76. The Balaban J connectivity index is 1.46. The Kier molecular flexibility index (Phi) is 5.21. The summed E-state index contributed by atoms with van der Waals surface area (Å²) in [4.78, 5) is 28.9. The number of hydrogen-bond donors (Lipinski definition) is 0. The molecule has 2 aliphatic heterocycles. The minimum atomic E-state index is -0.112. The van der Waals surface area contributed by atoms with Crippen molar-refractivity contribution in [1.82, 2.24) is 19.6 Å². The van der Waals surface area contributed by atoms with Crippen molar-refractivity contribution in [2.75, 3.05) is 26.2 Å². The second-order valence-corrected chi connectivity index (χ2v) is 7.26. The van der Waals surface area contributed by atoms with E-state index in [1.807, 2.05) is 40.6 Å². The number of rotatable bonds is 4. The number of hydrogen-bond acceptors (Lipinski definition) is 3. The first-order valence-electron chi connectivity index (χ1n) is 9.12. The summed E-state index contributed by atoms with van der Waals surface area (Å²) in [5.41, 5.74) is 0.960. The molecule has 1 aromatic heterocycles. The van der Waals surface area contributed by atoms with Gasteiger partial charge in [-0.15, -0.1) is 0 Å². The van der Waals surface area contributed by atoms with E-state index in [0.717, 1.165) is 31.6 Å². The third-order valence-corrected chi connectivity index (χ3v) is 5.12. The third kappa shape index (κ3) is 3.79. The highest BCUT2D eigenvalue weighted by molar-refractivity contribution is 5.85. The molecule has 0 saturated carbocycles. The molecule has 0 aliphatic carbocycles. The average molecular weight is 332 g/mol. The maximum atomic E-state index is 12.5. The third-order valence-electron chi connectivity index (χ3n) is 5.12. The summed E-state index contributed by atoms with van der Waals surface area (Å²) in [7, 11) is 0. The standard InChI is InChI=1S/C18H28N4O2/c1-14(11-22-10-7-15(2)19-22)17(23)21-12-16(13-21)18(24)20-8-5-3-4-6-9-20/h7,10,14,16H,3-6,8-9,11-13H2,1-2H3/t14-/m0/s1. The summed E-state index contributed by atoms with van der Waals surface area (Å²) in [5.74, 6) is 0.268. The molecule has 6 heteroatoms. The van der Waals surface area contributed by atoms with Gasteiger partial charge in [0.2, 0.25) is 11.8 Å². The van der Waals surface area contributed by atoms with Crippen molar-refractivity contribution in [3.8, 4) is 0 Å². The molecule has 3 heterocycles. The summed E-state index contributed by atoms with van der Waals surface area (Å²) < 4.78 is 1.82. The van der Waals surface area contributed by atoms with Crippen LogP contribution < -0.4 is 0 Å². The Morgan fingerprint density at radius 1 is 1.17 bits per heavy atom. The van der Waals surface area contributed by atoms with Gasteiger partial charge in [-0.2, -0.15) is 5.10 Å². The van der Waals surface area contributed by atoms with Crippen LogP contribution in [-0.4, -0.2) is 57.6 Å². The first-order valence-corrected chi connectivity index (χ1v) is 9.12. The Labute approximate surface area is 143 Å². The number of likely N-dealkylation sites (tertiary alicyclic amines) is 2. The normalized spacial score (nSPS) is 20.4. The lowest BCUT2D eigenvalue weighted by molar-refractivity contribution is -0.150. The van der Waals surface area contributed by atoms with Crippen molar-refractivity contribution in [3.05, 3.63) is 18.0 Å². The first-order chi connectivity index (χ1) is 11.5. The van der Waals surface area contributed by atoms with Crippen LogP contribution in [-0.2, 0) is 16.1 Å². The van der Waals surface area contributed by atoms with E-state index in [9.17, 15) is 9.59 Å². The lowest BCUT2D eigenvalue weighted by Crippen LogP contribution is -2.57. The van der Waals surface area contributed by atoms with Crippen molar-refractivity contribution in [3.63, 3.8) is 0 Å². The van der Waals surface area contributed by atoms with E-state index < -0.39 is 0 Å². The van der Waals surface area contributed by atoms with E-state index in [2.05, 4.69) is 5.10 Å². The number of nitrogens with zero attached hydrogens (tertiary/aromatic N) is 4. The molecular weight excluding hydrogens is 304 g/mol. The fraction of sp³-hybridized carbons (Fsp3) is 0.722. The largest absolute Gasteiger partial charge is 0.342 e. The molecular formula is C18H28N4O2. The van der Waals surface area contributed by atoms with Crippen molar-refractivity contribution >= 4 is 11.8 Å². The van der Waals surface area contributed by atoms with Crippen LogP contribution in [0.4, 0.5) is 0 Å². The van der Waals surface area contributed by atoms with Gasteiger partial charge in [0, 0.05) is 32.4 Å². The van der Waals surface area contributed by atoms with Gasteiger partial charge in [-0.05, 0) is 25.8 Å². The van der Waals surface area contributed by atoms with Crippen LogP contribution in [0.15, 0.2) is 12.3 Å². The van der Waals surface area contributed by atoms with Crippen LogP contribution in [0.5, 0.6) is 0 Å². The van der Waals surface area contributed by atoms with E-state index in [0.29, 0.717) is 19.6 Å². The van der Waals surface area contributed by atoms with Gasteiger partial charge in [-0.3, -0.25) is 14.3 Å². The predicted octanol–water partition coefficient (Wildman–Crippen LogP) is 1.69. The molecule has 2 fully saturated rings. The maximum Gasteiger partial charge on any atom is 0.229 e. The highest BCUT2D eigenvalue weighted by atomic mass is 16.2. The van der Waals surface area contributed by atoms with E-state index in [1.165, 1.54) is 12.8 Å². The summed E-state index contributed by atoms with van der Waals surface area (Å²) in [6.07, 6.45) is 6.58. The van der Waals surface area contributed by atoms with Gasteiger partial charge in [0.05, 0.1) is 24.1 Å². The van der Waals surface area contributed by atoms with Gasteiger partial charge in [0.15, 0.2) is 0 Å². The number of carbonyl (C=O) groups is 2. The summed E-state index contributed by atoms with van der Waals surface area (Å²) in [5, 5.41) is 4.33. The molecule has 1 aromatic rings. The van der Waals surface area contributed by atoms with Gasteiger partial charge < -0.3 is 9.80 Å². The zero-order valence-electron chi connectivity index (χ0n) is 14.8. The van der Waals surface area contributed by atoms with Gasteiger partial charge in [-0.25, -0.2) is 0 Å². The molecule has 6 nitrogen and oxygen atoms in total. The molecule has 0 bridgehead atoms. The molecule has 1 atom stereocenters. The molecule has 0 unspecified atom stereocenters. The number of carbonyl (C=O) groups excluding carboxylic acids is 2. The highest BCUT2D eigenvalue weighted by Gasteiger charge is 2.39. The van der Waals surface area contributed by atoms with Crippen molar-refractivity contribution in [2.45, 2.75) is 46.1 Å². The second-order valence-electron chi connectivity index (χ2n) is 7.26. The fourth-order valence-corrected chi connectivity index (χ4v) is 3.60. The molecule has 3 rings (SSSR count). The monoisotopic (exact) mass is 332 g/mol. The smallest absolute Gasteiger partial charge is 0.229 e. The lowest BCUT2D eigenvalue weighted by atomic mass is 9.96. The van der Waals surface area contributed by atoms with Gasteiger partial charge >= 0.3 is 0 Å². The Morgan fingerprint density at radius 2 is 1.83 bits per heavy atom.